The van der Waals surface area contributed by atoms with Gasteiger partial charge in [0, 0.05) is 17.0 Å². The Morgan fingerprint density at radius 1 is 0.844 bits per heavy atom. The van der Waals surface area contributed by atoms with Gasteiger partial charge in [0.2, 0.25) is 0 Å². The Kier molecular flexibility index (Phi) is 5.68. The van der Waals surface area contributed by atoms with E-state index in [1.165, 1.54) is 16.8 Å². The van der Waals surface area contributed by atoms with Crippen molar-refractivity contribution in [3.63, 3.8) is 0 Å². The second kappa shape index (κ2) is 8.91. The van der Waals surface area contributed by atoms with Crippen LogP contribution in [0, 0.1) is 5.92 Å². The maximum atomic E-state index is 5.77. The topological polar surface area (TPSA) is 34.1 Å². The van der Waals surface area contributed by atoms with Crippen LogP contribution in [0.15, 0.2) is 89.5 Å². The second-order valence-electron chi connectivity index (χ2n) is 8.26. The molecule has 0 aromatic heterocycles. The summed E-state index contributed by atoms with van der Waals surface area (Å²) in [5.74, 6) is 2.11. The lowest BCUT2D eigenvalue weighted by Crippen LogP contribution is -2.28. The highest BCUT2D eigenvalue weighted by Crippen LogP contribution is 2.48. The quantitative estimate of drug-likeness (QED) is 0.468. The number of nitrogens with zero attached hydrogens (tertiary/aromatic N) is 2. The molecule has 1 saturated carbocycles. The van der Waals surface area contributed by atoms with Crippen LogP contribution < -0.4 is 14.5 Å². The van der Waals surface area contributed by atoms with Crippen LogP contribution in [0.3, 0.4) is 0 Å². The molecule has 1 aliphatic heterocycles. The minimum atomic E-state index is 0.102. The molecule has 1 fully saturated rings. The predicted octanol–water partition coefficient (Wildman–Crippen LogP) is 6.50. The molecular weight excluding hydrogens is 396 g/mol. The van der Waals surface area contributed by atoms with E-state index in [9.17, 15) is 0 Å². The Hall–Kier alpha value is -3.53. The molecule has 2 atom stereocenters. The largest absolute Gasteiger partial charge is 0.496 e. The molecule has 0 spiro atoms. The van der Waals surface area contributed by atoms with Gasteiger partial charge < -0.3 is 9.47 Å². The molecule has 2 unspecified atom stereocenters. The molecule has 0 saturated heterocycles. The molecule has 0 amide bonds. The van der Waals surface area contributed by atoms with E-state index in [-0.39, 0.29) is 6.04 Å². The summed E-state index contributed by atoms with van der Waals surface area (Å²) in [6.07, 6.45) is 5.53. The third kappa shape index (κ3) is 3.66. The van der Waals surface area contributed by atoms with Gasteiger partial charge in [-0.2, -0.15) is 5.10 Å². The molecular formula is C28H28N2O2. The fraction of sp³-hybridized carbons (Fsp3) is 0.250. The van der Waals surface area contributed by atoms with Gasteiger partial charge in [-0.1, -0.05) is 54.6 Å². The number of rotatable bonds is 5. The highest BCUT2D eigenvalue weighted by atomic mass is 16.5. The van der Waals surface area contributed by atoms with Crippen LogP contribution >= 0.6 is 0 Å². The van der Waals surface area contributed by atoms with Crippen LogP contribution in [-0.2, 0) is 0 Å². The van der Waals surface area contributed by atoms with Gasteiger partial charge in [-0.05, 0) is 55.2 Å². The maximum Gasteiger partial charge on any atom is 0.126 e. The molecule has 1 heterocycles. The molecule has 0 N–H and O–H groups in total. The number of anilines is 1. The first-order valence-electron chi connectivity index (χ1n) is 11.2. The van der Waals surface area contributed by atoms with Crippen molar-refractivity contribution < 1.29 is 9.47 Å². The lowest BCUT2D eigenvalue weighted by Gasteiger charge is -2.31. The molecule has 3 aromatic carbocycles. The first kappa shape index (κ1) is 20.4. The zero-order chi connectivity index (χ0) is 21.9. The van der Waals surface area contributed by atoms with Gasteiger partial charge in [-0.15, -0.1) is 0 Å². The number of hydrogen-bond acceptors (Lipinski definition) is 4. The number of para-hydroxylation sites is 3. The van der Waals surface area contributed by atoms with E-state index >= 15 is 0 Å². The lowest BCUT2D eigenvalue weighted by atomic mass is 9.77. The van der Waals surface area contributed by atoms with Gasteiger partial charge in [0.05, 0.1) is 31.7 Å². The average molecular weight is 425 g/mol. The van der Waals surface area contributed by atoms with Gasteiger partial charge in [-0.3, -0.25) is 5.01 Å². The van der Waals surface area contributed by atoms with Crippen LogP contribution in [0.2, 0.25) is 0 Å². The van der Waals surface area contributed by atoms with Gasteiger partial charge in [-0.25, -0.2) is 0 Å². The first-order valence-corrected chi connectivity index (χ1v) is 11.2. The van der Waals surface area contributed by atoms with Gasteiger partial charge >= 0.3 is 0 Å². The zero-order valence-electron chi connectivity index (χ0n) is 18.6. The molecule has 5 rings (SSSR count). The average Bonchev–Trinajstić information content (AvgIpc) is 3.25. The number of allylic oxidation sites excluding steroid dienone is 1. The van der Waals surface area contributed by atoms with Crippen LogP contribution in [0.4, 0.5) is 5.69 Å². The molecule has 4 nitrogen and oxygen atoms in total. The summed E-state index contributed by atoms with van der Waals surface area (Å²) >= 11 is 0. The number of benzene rings is 3. The summed E-state index contributed by atoms with van der Waals surface area (Å²) in [7, 11) is 3.47. The molecule has 32 heavy (non-hydrogen) atoms. The van der Waals surface area contributed by atoms with E-state index in [0.29, 0.717) is 5.92 Å². The van der Waals surface area contributed by atoms with Crippen molar-refractivity contribution in [2.45, 2.75) is 25.3 Å². The van der Waals surface area contributed by atoms with E-state index in [1.54, 1.807) is 14.2 Å². The number of fused-ring (bicyclic) bond motifs is 1. The smallest absolute Gasteiger partial charge is 0.126 e. The van der Waals surface area contributed by atoms with Crippen LogP contribution in [0.25, 0.3) is 6.08 Å². The number of hydrazone groups is 1. The molecule has 0 bridgehead atoms. The number of ether oxygens (including phenoxy) is 2. The molecule has 3 aromatic rings. The van der Waals surface area contributed by atoms with Gasteiger partial charge in [0.25, 0.3) is 0 Å². The Morgan fingerprint density at radius 3 is 2.31 bits per heavy atom. The summed E-state index contributed by atoms with van der Waals surface area (Å²) in [6.45, 7) is 0. The van der Waals surface area contributed by atoms with E-state index in [2.05, 4.69) is 59.6 Å². The summed E-state index contributed by atoms with van der Waals surface area (Å²) < 4.78 is 11.4. The van der Waals surface area contributed by atoms with Gasteiger partial charge in [0.15, 0.2) is 0 Å². The fourth-order valence-corrected chi connectivity index (χ4v) is 4.99. The van der Waals surface area contributed by atoms with Crippen molar-refractivity contribution in [1.82, 2.24) is 0 Å². The Morgan fingerprint density at radius 2 is 1.53 bits per heavy atom. The molecule has 162 valence electrons. The standard InChI is InChI=1S/C28H28N2O2/c1-31-25-17-8-6-11-20(25)19-21-12-10-16-24-27(21)29-30(22-13-4-3-5-14-22)28(24)23-15-7-9-18-26(23)32-2/h3-9,11,13-15,17-19,24,28H,10,12,16H2,1-2H3/b21-19+. The lowest BCUT2D eigenvalue weighted by molar-refractivity contribution is 0.395. The van der Waals surface area contributed by atoms with Crippen molar-refractivity contribution in [3.8, 4) is 11.5 Å². The number of hydrogen-bond donors (Lipinski definition) is 0. The molecule has 1 aliphatic carbocycles. The summed E-state index contributed by atoms with van der Waals surface area (Å²) in [6, 6.07) is 27.1. The van der Waals surface area contributed by atoms with E-state index in [0.717, 1.165) is 42.0 Å². The van der Waals surface area contributed by atoms with Crippen molar-refractivity contribution in [2.75, 3.05) is 19.2 Å². The summed E-state index contributed by atoms with van der Waals surface area (Å²) in [5, 5.41) is 7.43. The van der Waals surface area contributed by atoms with Crippen molar-refractivity contribution in [1.29, 1.82) is 0 Å². The second-order valence-corrected chi connectivity index (χ2v) is 8.26. The van der Waals surface area contributed by atoms with E-state index in [4.69, 9.17) is 14.6 Å². The highest BCUT2D eigenvalue weighted by Gasteiger charge is 2.43. The van der Waals surface area contributed by atoms with Crippen molar-refractivity contribution in [3.05, 3.63) is 95.6 Å². The van der Waals surface area contributed by atoms with Crippen molar-refractivity contribution >= 4 is 17.5 Å². The third-order valence-electron chi connectivity index (χ3n) is 6.45. The Balaban J connectivity index is 1.62. The third-order valence-corrected chi connectivity index (χ3v) is 6.45. The molecule has 0 radical (unpaired) electrons. The van der Waals surface area contributed by atoms with Gasteiger partial charge in [0.1, 0.15) is 11.5 Å². The SMILES string of the molecule is COc1ccccc1/C=C1\CCCC2C1=NN(c1ccccc1)C2c1ccccc1OC. The Bertz CT molecular complexity index is 1150. The van der Waals surface area contributed by atoms with E-state index < -0.39 is 0 Å². The van der Waals surface area contributed by atoms with Crippen LogP contribution in [-0.4, -0.2) is 19.9 Å². The van der Waals surface area contributed by atoms with Crippen LogP contribution in [0.1, 0.15) is 36.4 Å². The minimum absolute atomic E-state index is 0.102. The maximum absolute atomic E-state index is 5.77. The monoisotopic (exact) mass is 424 g/mol. The summed E-state index contributed by atoms with van der Waals surface area (Å²) in [4.78, 5) is 0. The van der Waals surface area contributed by atoms with Crippen LogP contribution in [0.5, 0.6) is 11.5 Å². The normalized spacial score (nSPS) is 21.2. The van der Waals surface area contributed by atoms with E-state index in [1.807, 2.05) is 30.3 Å². The zero-order valence-corrected chi connectivity index (χ0v) is 18.6. The molecule has 2 aliphatic rings. The highest BCUT2D eigenvalue weighted by molar-refractivity contribution is 6.08. The fourth-order valence-electron chi connectivity index (χ4n) is 4.99. The summed E-state index contributed by atoms with van der Waals surface area (Å²) in [5.41, 5.74) is 5.86. The predicted molar refractivity (Wildman–Crippen MR) is 130 cm³/mol. The Labute approximate surface area is 189 Å². The number of methoxy groups -OCH3 is 2. The minimum Gasteiger partial charge on any atom is -0.496 e. The molecule has 4 heteroatoms. The first-order chi connectivity index (χ1) is 15.8. The van der Waals surface area contributed by atoms with Crippen molar-refractivity contribution in [2.24, 2.45) is 11.0 Å².